The van der Waals surface area contributed by atoms with Crippen LogP contribution in [0.15, 0.2) is 48.5 Å². The number of fused-ring (bicyclic) bond motifs is 1. The van der Waals surface area contributed by atoms with Crippen LogP contribution < -0.4 is 5.32 Å². The fourth-order valence-corrected chi connectivity index (χ4v) is 3.09. The van der Waals surface area contributed by atoms with Crippen LogP contribution in [0.2, 0.25) is 5.02 Å². The van der Waals surface area contributed by atoms with Gasteiger partial charge in [-0.05, 0) is 54.8 Å². The average molecular weight is 325 g/mol. The zero-order valence-corrected chi connectivity index (χ0v) is 13.4. The highest BCUT2D eigenvalue weighted by Crippen LogP contribution is 2.29. The van der Waals surface area contributed by atoms with Crippen molar-refractivity contribution in [1.29, 1.82) is 0 Å². The first-order chi connectivity index (χ1) is 11.2. The van der Waals surface area contributed by atoms with Gasteiger partial charge in [-0.25, -0.2) is 0 Å². The molecule has 0 atom stereocenters. The summed E-state index contributed by atoms with van der Waals surface area (Å²) < 4.78 is 0. The van der Waals surface area contributed by atoms with E-state index in [4.69, 9.17) is 11.6 Å². The van der Waals surface area contributed by atoms with E-state index >= 15 is 0 Å². The predicted octanol–water partition coefficient (Wildman–Crippen LogP) is 5.23. The van der Waals surface area contributed by atoms with E-state index in [2.05, 4.69) is 16.4 Å². The third-order valence-electron chi connectivity index (χ3n) is 4.52. The van der Waals surface area contributed by atoms with E-state index < -0.39 is 0 Å². The van der Waals surface area contributed by atoms with Crippen molar-refractivity contribution in [3.8, 4) is 11.3 Å². The highest BCUT2D eigenvalue weighted by molar-refractivity contribution is 6.31. The minimum absolute atomic E-state index is 0.143. The van der Waals surface area contributed by atoms with E-state index in [-0.39, 0.29) is 11.8 Å². The number of hydrogen-bond acceptors (Lipinski definition) is 1. The van der Waals surface area contributed by atoms with Crippen molar-refractivity contribution in [2.75, 3.05) is 5.32 Å². The van der Waals surface area contributed by atoms with Crippen LogP contribution in [0.3, 0.4) is 0 Å². The van der Waals surface area contributed by atoms with Gasteiger partial charge in [0.15, 0.2) is 0 Å². The second-order valence-electron chi connectivity index (χ2n) is 6.11. The van der Waals surface area contributed by atoms with Crippen molar-refractivity contribution in [2.24, 2.45) is 5.92 Å². The number of benzene rings is 2. The van der Waals surface area contributed by atoms with E-state index in [1.807, 2.05) is 42.5 Å². The first-order valence-corrected chi connectivity index (χ1v) is 8.26. The number of hydrogen-bond donors (Lipinski definition) is 2. The predicted molar refractivity (Wildman–Crippen MR) is 94.7 cm³/mol. The fourth-order valence-electron chi connectivity index (χ4n) is 2.91. The van der Waals surface area contributed by atoms with E-state index in [1.165, 1.54) is 6.42 Å². The van der Waals surface area contributed by atoms with Gasteiger partial charge in [0.1, 0.15) is 0 Å². The van der Waals surface area contributed by atoms with Crippen LogP contribution in [0.25, 0.3) is 22.2 Å². The molecule has 116 valence electrons. The van der Waals surface area contributed by atoms with Gasteiger partial charge >= 0.3 is 0 Å². The van der Waals surface area contributed by atoms with Gasteiger partial charge in [-0.2, -0.15) is 0 Å². The smallest absolute Gasteiger partial charge is 0.227 e. The number of carbonyl (C=O) groups is 1. The second-order valence-corrected chi connectivity index (χ2v) is 6.55. The molecule has 1 aliphatic carbocycles. The van der Waals surface area contributed by atoms with Gasteiger partial charge < -0.3 is 10.3 Å². The van der Waals surface area contributed by atoms with Crippen LogP contribution in [0.4, 0.5) is 5.69 Å². The van der Waals surface area contributed by atoms with Gasteiger partial charge in [-0.3, -0.25) is 4.79 Å². The molecule has 1 fully saturated rings. The van der Waals surface area contributed by atoms with Gasteiger partial charge in [0, 0.05) is 33.2 Å². The molecule has 0 spiro atoms. The first-order valence-electron chi connectivity index (χ1n) is 7.89. The summed E-state index contributed by atoms with van der Waals surface area (Å²) in [5.41, 5.74) is 4.04. The Labute approximate surface area is 139 Å². The third-order valence-corrected chi connectivity index (χ3v) is 4.76. The molecule has 0 unspecified atom stereocenters. The summed E-state index contributed by atoms with van der Waals surface area (Å²) in [5.74, 6) is 0.345. The summed E-state index contributed by atoms with van der Waals surface area (Å²) >= 11 is 6.03. The maximum Gasteiger partial charge on any atom is 0.227 e. The van der Waals surface area contributed by atoms with Gasteiger partial charge in [-0.15, -0.1) is 0 Å². The second kappa shape index (κ2) is 5.74. The quantitative estimate of drug-likeness (QED) is 0.681. The molecule has 1 aromatic heterocycles. The van der Waals surface area contributed by atoms with Crippen LogP contribution >= 0.6 is 11.6 Å². The maximum absolute atomic E-state index is 12.0. The normalized spacial score (nSPS) is 14.7. The number of H-pyrrole nitrogens is 1. The molecule has 4 heteroatoms. The summed E-state index contributed by atoms with van der Waals surface area (Å²) in [6.45, 7) is 0. The Morgan fingerprint density at radius 2 is 1.87 bits per heavy atom. The topological polar surface area (TPSA) is 44.9 Å². The highest BCUT2D eigenvalue weighted by Gasteiger charge is 2.25. The van der Waals surface area contributed by atoms with Gasteiger partial charge in [0.25, 0.3) is 0 Å². The Morgan fingerprint density at radius 3 is 2.57 bits per heavy atom. The van der Waals surface area contributed by atoms with Crippen molar-refractivity contribution >= 4 is 34.1 Å². The molecule has 0 bridgehead atoms. The lowest BCUT2D eigenvalue weighted by atomic mass is 9.85. The number of nitrogens with one attached hydrogen (secondary N) is 2. The molecule has 3 nitrogen and oxygen atoms in total. The minimum atomic E-state index is 0.143. The zero-order chi connectivity index (χ0) is 15.8. The van der Waals surface area contributed by atoms with Crippen LogP contribution in [-0.4, -0.2) is 10.9 Å². The molecule has 0 aliphatic heterocycles. The lowest BCUT2D eigenvalue weighted by molar-refractivity contribution is -0.122. The summed E-state index contributed by atoms with van der Waals surface area (Å²) in [6, 6.07) is 15.8. The number of amides is 1. The molecule has 4 rings (SSSR count). The molecule has 1 amide bonds. The largest absolute Gasteiger partial charge is 0.355 e. The zero-order valence-electron chi connectivity index (χ0n) is 12.6. The van der Waals surface area contributed by atoms with Gasteiger partial charge in [-0.1, -0.05) is 30.2 Å². The summed E-state index contributed by atoms with van der Waals surface area (Å²) in [6.07, 6.45) is 3.20. The molecule has 23 heavy (non-hydrogen) atoms. The Balaban J connectivity index is 1.55. The van der Waals surface area contributed by atoms with Crippen molar-refractivity contribution in [2.45, 2.75) is 19.3 Å². The van der Waals surface area contributed by atoms with Crippen molar-refractivity contribution in [3.63, 3.8) is 0 Å². The lowest BCUT2D eigenvalue weighted by Crippen LogP contribution is -2.27. The van der Waals surface area contributed by atoms with E-state index in [0.717, 1.165) is 45.7 Å². The maximum atomic E-state index is 12.0. The Hall–Kier alpha value is -2.26. The first kappa shape index (κ1) is 14.3. The molecule has 1 saturated carbocycles. The highest BCUT2D eigenvalue weighted by atomic mass is 35.5. The summed E-state index contributed by atoms with van der Waals surface area (Å²) in [4.78, 5) is 15.4. The lowest BCUT2D eigenvalue weighted by Gasteiger charge is -2.24. The Kier molecular flexibility index (Phi) is 3.58. The monoisotopic (exact) mass is 324 g/mol. The number of carbonyl (C=O) groups excluding carboxylic acids is 1. The molecule has 0 radical (unpaired) electrons. The Morgan fingerprint density at radius 1 is 1.09 bits per heavy atom. The fraction of sp³-hybridized carbons (Fsp3) is 0.211. The molecule has 1 heterocycles. The van der Waals surface area contributed by atoms with Gasteiger partial charge in [0.05, 0.1) is 0 Å². The number of halogens is 1. The van der Waals surface area contributed by atoms with Crippen molar-refractivity contribution in [3.05, 3.63) is 53.6 Å². The van der Waals surface area contributed by atoms with Crippen molar-refractivity contribution in [1.82, 2.24) is 4.98 Å². The molecular formula is C19H17ClN2O. The minimum Gasteiger partial charge on any atom is -0.355 e. The Bertz CT molecular complexity index is 863. The molecule has 3 aromatic rings. The van der Waals surface area contributed by atoms with E-state index in [1.54, 1.807) is 0 Å². The van der Waals surface area contributed by atoms with Gasteiger partial charge in [0.2, 0.25) is 5.91 Å². The molecule has 0 saturated heterocycles. The number of rotatable bonds is 3. The number of aromatic nitrogens is 1. The molecule has 1 aliphatic rings. The van der Waals surface area contributed by atoms with Crippen LogP contribution in [0, 0.1) is 5.92 Å². The van der Waals surface area contributed by atoms with Crippen LogP contribution in [0.1, 0.15) is 19.3 Å². The number of aromatic amines is 1. The molecule has 2 N–H and O–H groups in total. The SMILES string of the molecule is O=C(Nc1ccc(-c2cc3cc(Cl)ccc3[nH]2)cc1)C1CCC1. The summed E-state index contributed by atoms with van der Waals surface area (Å²) in [7, 11) is 0. The number of anilines is 1. The van der Waals surface area contributed by atoms with E-state index in [9.17, 15) is 4.79 Å². The standard InChI is InChI=1S/C19H17ClN2O/c20-15-6-9-17-14(10-15)11-18(22-17)12-4-7-16(8-5-12)21-19(23)13-2-1-3-13/h4-11,13,22H,1-3H2,(H,21,23). The molecule has 2 aromatic carbocycles. The summed E-state index contributed by atoms with van der Waals surface area (Å²) in [5, 5.41) is 4.82. The third kappa shape index (κ3) is 2.84. The van der Waals surface area contributed by atoms with Crippen molar-refractivity contribution < 1.29 is 4.79 Å². The van der Waals surface area contributed by atoms with Crippen LogP contribution in [-0.2, 0) is 4.79 Å². The van der Waals surface area contributed by atoms with E-state index in [0.29, 0.717) is 0 Å². The molecular weight excluding hydrogens is 308 g/mol. The average Bonchev–Trinajstić information content (AvgIpc) is 2.89. The van der Waals surface area contributed by atoms with Crippen LogP contribution in [0.5, 0.6) is 0 Å².